The molecular formula is C25H40N2S. The summed E-state index contributed by atoms with van der Waals surface area (Å²) in [6.07, 6.45) is 22.5. The van der Waals surface area contributed by atoms with E-state index in [1.165, 1.54) is 88.4 Å². The number of aryl methyl sites for hydroxylation is 1. The van der Waals surface area contributed by atoms with E-state index in [0.717, 1.165) is 6.54 Å². The topological polar surface area (TPSA) is 17.8 Å². The Hall–Kier alpha value is -1.22. The Morgan fingerprint density at radius 1 is 0.857 bits per heavy atom. The first-order chi connectivity index (χ1) is 13.9. The number of nitrogens with zero attached hydrogens (tertiary/aromatic N) is 2. The Bertz CT molecular complexity index is 567. The molecule has 0 amide bonds. The fourth-order valence-electron chi connectivity index (χ4n) is 3.71. The molecule has 2 aromatic rings. The minimum Gasteiger partial charge on any atom is -0.337 e. The lowest BCUT2D eigenvalue weighted by Crippen LogP contribution is -2.00. The first-order valence-corrected chi connectivity index (χ1v) is 12.6. The summed E-state index contributed by atoms with van der Waals surface area (Å²) in [7, 11) is 0. The van der Waals surface area contributed by atoms with E-state index in [1.807, 2.05) is 12.5 Å². The fraction of sp³-hybridized carbons (Fsp3) is 0.640. The summed E-state index contributed by atoms with van der Waals surface area (Å²) in [6, 6.07) is 11.1. The molecule has 0 aliphatic rings. The van der Waals surface area contributed by atoms with Crippen LogP contribution in [0.1, 0.15) is 94.8 Å². The van der Waals surface area contributed by atoms with Gasteiger partial charge in [0.2, 0.25) is 0 Å². The van der Waals surface area contributed by atoms with Crippen molar-refractivity contribution in [3.05, 3.63) is 54.6 Å². The average molecular weight is 401 g/mol. The lowest BCUT2D eigenvalue weighted by atomic mass is 10.1. The highest BCUT2D eigenvalue weighted by atomic mass is 32.2. The summed E-state index contributed by atoms with van der Waals surface area (Å²) in [5.74, 6) is 1.29. The van der Waals surface area contributed by atoms with E-state index in [9.17, 15) is 0 Å². The first-order valence-electron chi connectivity index (χ1n) is 11.5. The van der Waals surface area contributed by atoms with Gasteiger partial charge in [0.25, 0.3) is 0 Å². The molecule has 1 aromatic carbocycles. The van der Waals surface area contributed by atoms with Gasteiger partial charge in [-0.25, -0.2) is 4.98 Å². The number of hydrogen-bond donors (Lipinski definition) is 0. The predicted molar refractivity (Wildman–Crippen MR) is 125 cm³/mol. The highest BCUT2D eigenvalue weighted by Gasteiger charge is 2.11. The molecule has 156 valence electrons. The van der Waals surface area contributed by atoms with Gasteiger partial charge in [-0.3, -0.25) is 0 Å². The number of imidazole rings is 1. The van der Waals surface area contributed by atoms with Crippen molar-refractivity contribution in [2.45, 2.75) is 95.8 Å². The van der Waals surface area contributed by atoms with Gasteiger partial charge in [-0.05, 0) is 30.6 Å². The lowest BCUT2D eigenvalue weighted by Gasteiger charge is -2.17. The highest BCUT2D eigenvalue weighted by molar-refractivity contribution is 7.99. The normalized spacial score (nSPS) is 12.3. The summed E-state index contributed by atoms with van der Waals surface area (Å²) in [6.45, 7) is 3.36. The Morgan fingerprint density at radius 2 is 1.54 bits per heavy atom. The van der Waals surface area contributed by atoms with Crippen molar-refractivity contribution in [1.82, 2.24) is 9.55 Å². The van der Waals surface area contributed by atoms with Crippen LogP contribution in [0.15, 0.2) is 49.1 Å². The van der Waals surface area contributed by atoms with Crippen molar-refractivity contribution >= 4 is 11.8 Å². The summed E-state index contributed by atoms with van der Waals surface area (Å²) in [5.41, 5.74) is 1.49. The minimum absolute atomic E-state index is 0.628. The maximum Gasteiger partial charge on any atom is 0.0945 e. The molecule has 0 saturated heterocycles. The lowest BCUT2D eigenvalue weighted by molar-refractivity contribution is 0.563. The van der Waals surface area contributed by atoms with E-state index in [-0.39, 0.29) is 0 Å². The van der Waals surface area contributed by atoms with Gasteiger partial charge in [0.1, 0.15) is 0 Å². The van der Waals surface area contributed by atoms with Crippen LogP contribution in [0.2, 0.25) is 0 Å². The molecule has 1 unspecified atom stereocenters. The number of benzene rings is 1. The Labute approximate surface area is 177 Å². The van der Waals surface area contributed by atoms with Gasteiger partial charge in [-0.1, -0.05) is 95.0 Å². The molecule has 0 aliphatic heterocycles. The van der Waals surface area contributed by atoms with Gasteiger partial charge in [0, 0.05) is 24.2 Å². The molecule has 2 rings (SSSR count). The molecular weight excluding hydrogens is 360 g/mol. The van der Waals surface area contributed by atoms with Crippen LogP contribution in [0, 0.1) is 0 Å². The summed E-state index contributed by atoms with van der Waals surface area (Å²) < 4.78 is 2.19. The van der Waals surface area contributed by atoms with Gasteiger partial charge in [0.15, 0.2) is 0 Å². The van der Waals surface area contributed by atoms with Crippen LogP contribution in [-0.4, -0.2) is 15.3 Å². The predicted octanol–water partition coefficient (Wildman–Crippen LogP) is 8.06. The number of hydrogen-bond acceptors (Lipinski definition) is 2. The minimum atomic E-state index is 0.628. The van der Waals surface area contributed by atoms with Crippen molar-refractivity contribution in [2.24, 2.45) is 0 Å². The molecule has 0 aliphatic carbocycles. The van der Waals surface area contributed by atoms with Crippen LogP contribution in [0.4, 0.5) is 0 Å². The zero-order valence-electron chi connectivity index (χ0n) is 17.9. The molecule has 2 nitrogen and oxygen atoms in total. The van der Waals surface area contributed by atoms with E-state index in [2.05, 4.69) is 64.8 Å². The maximum atomic E-state index is 4.15. The van der Waals surface area contributed by atoms with Crippen molar-refractivity contribution < 1.29 is 0 Å². The largest absolute Gasteiger partial charge is 0.337 e. The van der Waals surface area contributed by atoms with Crippen molar-refractivity contribution in [3.8, 4) is 0 Å². The summed E-state index contributed by atoms with van der Waals surface area (Å²) >= 11 is 2.16. The number of unbranched alkanes of at least 4 members (excludes halogenated alkanes) is 9. The zero-order valence-corrected chi connectivity index (χ0v) is 18.7. The molecule has 0 bridgehead atoms. The molecule has 0 fully saturated rings. The van der Waals surface area contributed by atoms with Gasteiger partial charge in [-0.2, -0.15) is 11.8 Å². The zero-order chi connectivity index (χ0) is 19.7. The molecule has 1 aromatic heterocycles. The van der Waals surface area contributed by atoms with Gasteiger partial charge < -0.3 is 4.57 Å². The van der Waals surface area contributed by atoms with Crippen molar-refractivity contribution in [2.75, 3.05) is 5.75 Å². The third-order valence-electron chi connectivity index (χ3n) is 5.43. The molecule has 1 atom stereocenters. The molecule has 0 saturated carbocycles. The second-order valence-electron chi connectivity index (χ2n) is 7.89. The SMILES string of the molecule is CCCCCCCCCCCCSC(CCCn1ccnc1)c1ccccc1. The van der Waals surface area contributed by atoms with Crippen LogP contribution in [0.3, 0.4) is 0 Å². The number of rotatable bonds is 17. The highest BCUT2D eigenvalue weighted by Crippen LogP contribution is 2.34. The molecule has 3 heteroatoms. The van der Waals surface area contributed by atoms with Crippen LogP contribution < -0.4 is 0 Å². The number of thioether (sulfide) groups is 1. The second-order valence-corrected chi connectivity index (χ2v) is 9.21. The Balaban J connectivity index is 1.57. The second kappa shape index (κ2) is 15.7. The Kier molecular flexibility index (Phi) is 12.9. The first kappa shape index (κ1) is 23.1. The van der Waals surface area contributed by atoms with E-state index < -0.39 is 0 Å². The van der Waals surface area contributed by atoms with Crippen LogP contribution in [0.5, 0.6) is 0 Å². The maximum absolute atomic E-state index is 4.15. The van der Waals surface area contributed by atoms with Gasteiger partial charge in [0.05, 0.1) is 6.33 Å². The smallest absolute Gasteiger partial charge is 0.0945 e. The number of aromatic nitrogens is 2. The van der Waals surface area contributed by atoms with E-state index in [4.69, 9.17) is 0 Å². The fourth-order valence-corrected chi connectivity index (χ4v) is 5.05. The van der Waals surface area contributed by atoms with Crippen LogP contribution >= 0.6 is 11.8 Å². The third-order valence-corrected chi connectivity index (χ3v) is 6.86. The van der Waals surface area contributed by atoms with E-state index >= 15 is 0 Å². The van der Waals surface area contributed by atoms with Gasteiger partial charge in [-0.15, -0.1) is 0 Å². The average Bonchev–Trinajstić information content (AvgIpc) is 3.25. The molecule has 28 heavy (non-hydrogen) atoms. The summed E-state index contributed by atoms with van der Waals surface area (Å²) in [4.78, 5) is 4.15. The quantitative estimate of drug-likeness (QED) is 0.250. The third kappa shape index (κ3) is 10.4. The van der Waals surface area contributed by atoms with Gasteiger partial charge >= 0.3 is 0 Å². The van der Waals surface area contributed by atoms with Crippen molar-refractivity contribution in [1.29, 1.82) is 0 Å². The standard InChI is InChI=1S/C25H40N2S/c1-2-3-4-5-6-7-8-9-10-14-22-28-25(24-16-12-11-13-17-24)18-15-20-27-21-19-26-23-27/h11-13,16-17,19,21,23,25H,2-10,14-15,18,20,22H2,1H3. The van der Waals surface area contributed by atoms with Crippen molar-refractivity contribution in [3.63, 3.8) is 0 Å². The Morgan fingerprint density at radius 3 is 2.18 bits per heavy atom. The monoisotopic (exact) mass is 400 g/mol. The van der Waals surface area contributed by atoms with Crippen LogP contribution in [-0.2, 0) is 6.54 Å². The van der Waals surface area contributed by atoms with E-state index in [0.29, 0.717) is 5.25 Å². The van der Waals surface area contributed by atoms with E-state index in [1.54, 1.807) is 0 Å². The van der Waals surface area contributed by atoms with Crippen LogP contribution in [0.25, 0.3) is 0 Å². The summed E-state index contributed by atoms with van der Waals surface area (Å²) in [5, 5.41) is 0.628. The molecule has 0 spiro atoms. The molecule has 1 heterocycles. The molecule has 0 radical (unpaired) electrons. The molecule has 0 N–H and O–H groups in total.